The van der Waals surface area contributed by atoms with Gasteiger partial charge >= 0.3 is 0 Å². The number of aromatic nitrogens is 1. The highest BCUT2D eigenvalue weighted by atomic mass is 35.5. The first-order valence-electron chi connectivity index (χ1n) is 10.7. The van der Waals surface area contributed by atoms with Crippen LogP contribution in [-0.2, 0) is 9.63 Å². The molecule has 1 saturated carbocycles. The second-order valence-electron chi connectivity index (χ2n) is 9.72. The van der Waals surface area contributed by atoms with Crippen molar-refractivity contribution in [2.75, 3.05) is 31.1 Å². The summed E-state index contributed by atoms with van der Waals surface area (Å²) >= 11 is 6.26. The van der Waals surface area contributed by atoms with E-state index in [-0.39, 0.29) is 11.5 Å². The molecule has 29 heavy (non-hydrogen) atoms. The molecule has 1 aromatic heterocycles. The predicted molar refractivity (Wildman–Crippen MR) is 115 cm³/mol. The Bertz CT molecular complexity index is 788. The van der Waals surface area contributed by atoms with E-state index in [1.165, 1.54) is 0 Å². The van der Waals surface area contributed by atoms with Gasteiger partial charge in [-0.1, -0.05) is 37.5 Å². The maximum absolute atomic E-state index is 13.0. The molecule has 158 valence electrons. The van der Waals surface area contributed by atoms with Gasteiger partial charge in [-0.05, 0) is 49.1 Å². The summed E-state index contributed by atoms with van der Waals surface area (Å²) in [6.07, 6.45) is 6.66. The lowest BCUT2D eigenvalue weighted by Gasteiger charge is -2.40. The average molecular weight is 419 g/mol. The highest BCUT2D eigenvalue weighted by molar-refractivity contribution is 6.39. The number of pyridine rings is 1. The molecule has 7 heteroatoms. The van der Waals surface area contributed by atoms with Crippen LogP contribution in [0.5, 0.6) is 0 Å². The fourth-order valence-electron chi connectivity index (χ4n) is 4.83. The Morgan fingerprint density at radius 3 is 2.52 bits per heavy atom. The Balaban J connectivity index is 1.31. The summed E-state index contributed by atoms with van der Waals surface area (Å²) in [5.41, 5.74) is 0.662. The Morgan fingerprint density at radius 2 is 1.90 bits per heavy atom. The number of piperazine rings is 1. The summed E-state index contributed by atoms with van der Waals surface area (Å²) in [6, 6.07) is 3.68. The van der Waals surface area contributed by atoms with Crippen molar-refractivity contribution < 1.29 is 9.63 Å². The summed E-state index contributed by atoms with van der Waals surface area (Å²) in [6.45, 7) is 9.66. The first-order chi connectivity index (χ1) is 13.8. The lowest BCUT2D eigenvalue weighted by molar-refractivity contribution is -0.124. The Kier molecular flexibility index (Phi) is 5.49. The molecule has 3 aliphatic rings. The van der Waals surface area contributed by atoms with Crippen LogP contribution >= 0.6 is 11.6 Å². The van der Waals surface area contributed by atoms with Gasteiger partial charge in [0.05, 0.1) is 5.02 Å². The molecule has 1 aromatic rings. The highest BCUT2D eigenvalue weighted by Crippen LogP contribution is 2.46. The maximum atomic E-state index is 13.0. The average Bonchev–Trinajstić information content (AvgIpc) is 3.11. The Labute approximate surface area is 178 Å². The molecule has 0 aromatic carbocycles. The number of carbonyl (C=O) groups excluding carboxylic acids is 1. The summed E-state index contributed by atoms with van der Waals surface area (Å²) < 4.78 is 0. The zero-order valence-corrected chi connectivity index (χ0v) is 18.4. The van der Waals surface area contributed by atoms with Crippen molar-refractivity contribution in [3.05, 3.63) is 23.4 Å². The third kappa shape index (κ3) is 4.23. The lowest BCUT2D eigenvalue weighted by Crippen LogP contribution is -2.51. The van der Waals surface area contributed by atoms with Crippen LogP contribution in [0.15, 0.2) is 23.5 Å². The van der Waals surface area contributed by atoms with Gasteiger partial charge < -0.3 is 14.6 Å². The standard InChI is InChI=1S/C22H31ClN4O2/c1-21(2,3)16-6-8-22(9-7-16)15-18(25-29-22)20(28)27-13-11-26(12-14-27)19-17(23)5-4-10-24-19/h4-5,10,16H,6-9,11-15H2,1-3H3/t16-,22-. The quantitative estimate of drug-likeness (QED) is 0.724. The smallest absolute Gasteiger partial charge is 0.271 e. The van der Waals surface area contributed by atoms with Gasteiger partial charge in [0.1, 0.15) is 17.1 Å². The van der Waals surface area contributed by atoms with Crippen molar-refractivity contribution in [3.8, 4) is 0 Å². The molecular formula is C22H31ClN4O2. The fourth-order valence-corrected chi connectivity index (χ4v) is 5.07. The van der Waals surface area contributed by atoms with Crippen LogP contribution in [0.3, 0.4) is 0 Å². The first-order valence-corrected chi connectivity index (χ1v) is 11.1. The molecular weight excluding hydrogens is 388 g/mol. The molecule has 2 aliphatic heterocycles. The topological polar surface area (TPSA) is 58.0 Å². The van der Waals surface area contributed by atoms with Crippen LogP contribution in [0.4, 0.5) is 5.82 Å². The van der Waals surface area contributed by atoms with Gasteiger partial charge in [0.2, 0.25) is 0 Å². The van der Waals surface area contributed by atoms with E-state index >= 15 is 0 Å². The fraction of sp³-hybridized carbons (Fsp3) is 0.682. The summed E-state index contributed by atoms with van der Waals surface area (Å²) in [5, 5.41) is 4.89. The van der Waals surface area contributed by atoms with Crippen LogP contribution in [0, 0.1) is 11.3 Å². The van der Waals surface area contributed by atoms with Crippen molar-refractivity contribution in [1.82, 2.24) is 9.88 Å². The van der Waals surface area contributed by atoms with Crippen molar-refractivity contribution in [2.45, 2.75) is 58.5 Å². The molecule has 3 heterocycles. The van der Waals surface area contributed by atoms with E-state index in [1.807, 2.05) is 17.0 Å². The first kappa shape index (κ1) is 20.5. The van der Waals surface area contributed by atoms with Gasteiger partial charge in [0.25, 0.3) is 5.91 Å². The Morgan fingerprint density at radius 1 is 1.21 bits per heavy atom. The largest absolute Gasteiger partial charge is 0.388 e. The molecule has 2 fully saturated rings. The number of carbonyl (C=O) groups is 1. The van der Waals surface area contributed by atoms with E-state index in [0.29, 0.717) is 41.6 Å². The van der Waals surface area contributed by atoms with E-state index in [1.54, 1.807) is 6.20 Å². The molecule has 0 unspecified atom stereocenters. The van der Waals surface area contributed by atoms with Gasteiger partial charge in [-0.3, -0.25) is 4.79 Å². The van der Waals surface area contributed by atoms with Gasteiger partial charge in [-0.25, -0.2) is 4.98 Å². The molecule has 1 saturated heterocycles. The monoisotopic (exact) mass is 418 g/mol. The normalized spacial score (nSPS) is 27.7. The summed E-state index contributed by atoms with van der Waals surface area (Å²) in [4.78, 5) is 27.3. The summed E-state index contributed by atoms with van der Waals surface area (Å²) in [5.74, 6) is 1.52. The molecule has 0 bridgehead atoms. The minimum atomic E-state index is -0.254. The molecule has 6 nitrogen and oxygen atoms in total. The number of nitrogens with zero attached hydrogens (tertiary/aromatic N) is 4. The van der Waals surface area contributed by atoms with Crippen LogP contribution in [0.25, 0.3) is 0 Å². The highest BCUT2D eigenvalue weighted by Gasteiger charge is 2.46. The van der Waals surface area contributed by atoms with E-state index in [0.717, 1.165) is 44.6 Å². The third-order valence-electron chi connectivity index (χ3n) is 6.81. The number of halogens is 1. The van der Waals surface area contributed by atoms with Crippen molar-refractivity contribution >= 4 is 29.0 Å². The zero-order chi connectivity index (χ0) is 20.6. The number of anilines is 1. The lowest BCUT2D eigenvalue weighted by atomic mass is 9.67. The van der Waals surface area contributed by atoms with Crippen molar-refractivity contribution in [3.63, 3.8) is 0 Å². The number of oxime groups is 1. The van der Waals surface area contributed by atoms with E-state index in [4.69, 9.17) is 16.4 Å². The van der Waals surface area contributed by atoms with Crippen molar-refractivity contribution in [2.24, 2.45) is 16.5 Å². The number of hydrogen-bond acceptors (Lipinski definition) is 5. The van der Waals surface area contributed by atoms with Gasteiger partial charge in [-0.15, -0.1) is 0 Å². The molecule has 0 radical (unpaired) electrons. The second-order valence-corrected chi connectivity index (χ2v) is 10.1. The Hall–Kier alpha value is -1.82. The molecule has 1 amide bonds. The van der Waals surface area contributed by atoms with Gasteiger partial charge in [0.15, 0.2) is 0 Å². The van der Waals surface area contributed by atoms with Crippen LogP contribution in [0.2, 0.25) is 5.02 Å². The van der Waals surface area contributed by atoms with Crippen LogP contribution in [0.1, 0.15) is 52.9 Å². The number of hydrogen-bond donors (Lipinski definition) is 0. The van der Waals surface area contributed by atoms with Gasteiger partial charge in [-0.2, -0.15) is 0 Å². The molecule has 4 rings (SSSR count). The minimum absolute atomic E-state index is 0.0200. The predicted octanol–water partition coefficient (Wildman–Crippen LogP) is 4.14. The molecule has 0 atom stereocenters. The van der Waals surface area contributed by atoms with Crippen LogP contribution < -0.4 is 4.90 Å². The molecule has 1 aliphatic carbocycles. The maximum Gasteiger partial charge on any atom is 0.271 e. The number of rotatable bonds is 2. The molecule has 0 N–H and O–H groups in total. The van der Waals surface area contributed by atoms with Gasteiger partial charge in [0, 0.05) is 38.8 Å². The van der Waals surface area contributed by atoms with E-state index in [9.17, 15) is 4.79 Å². The zero-order valence-electron chi connectivity index (χ0n) is 17.7. The minimum Gasteiger partial charge on any atom is -0.388 e. The van der Waals surface area contributed by atoms with E-state index < -0.39 is 0 Å². The summed E-state index contributed by atoms with van der Waals surface area (Å²) in [7, 11) is 0. The second kappa shape index (κ2) is 7.78. The SMILES string of the molecule is CC(C)(C)[C@H]1CC[C@]2(CC1)CC(C(=O)N1CCN(c3ncccc3Cl)CC1)=NO2. The molecule has 1 spiro atoms. The number of amides is 1. The van der Waals surface area contributed by atoms with Crippen LogP contribution in [-0.4, -0.2) is 53.3 Å². The van der Waals surface area contributed by atoms with Crippen molar-refractivity contribution in [1.29, 1.82) is 0 Å². The third-order valence-corrected chi connectivity index (χ3v) is 7.11. The van der Waals surface area contributed by atoms with E-state index in [2.05, 4.69) is 35.8 Å².